The van der Waals surface area contributed by atoms with Gasteiger partial charge in [-0.15, -0.1) is 0 Å². The molecule has 0 fully saturated rings. The molecule has 0 spiro atoms. The number of carbonyl (C=O) groups is 1. The average Bonchev–Trinajstić information content (AvgIpc) is 3.05. The molecule has 0 radical (unpaired) electrons. The summed E-state index contributed by atoms with van der Waals surface area (Å²) in [5, 5.41) is 7.52. The molecule has 1 unspecified atom stereocenters. The lowest BCUT2D eigenvalue weighted by atomic mass is 9.96. The molecule has 6 heteroatoms. The van der Waals surface area contributed by atoms with Crippen molar-refractivity contribution in [1.29, 1.82) is 0 Å². The first-order valence-corrected chi connectivity index (χ1v) is 9.28. The van der Waals surface area contributed by atoms with Crippen molar-refractivity contribution in [2.24, 2.45) is 5.92 Å². The highest BCUT2D eigenvalue weighted by atomic mass is 16.5. The molecule has 0 saturated carbocycles. The summed E-state index contributed by atoms with van der Waals surface area (Å²) in [7, 11) is 1.63. The van der Waals surface area contributed by atoms with Crippen LogP contribution >= 0.6 is 0 Å². The van der Waals surface area contributed by atoms with E-state index in [-0.39, 0.29) is 11.8 Å². The number of amides is 1. The van der Waals surface area contributed by atoms with Gasteiger partial charge in [-0.1, -0.05) is 12.1 Å². The summed E-state index contributed by atoms with van der Waals surface area (Å²) in [6.45, 7) is 4.33. The van der Waals surface area contributed by atoms with E-state index in [2.05, 4.69) is 10.4 Å². The lowest BCUT2D eigenvalue weighted by Crippen LogP contribution is -2.32. The number of nitrogens with one attached hydrogen (secondary N) is 1. The first-order valence-electron chi connectivity index (χ1n) is 9.28. The van der Waals surface area contributed by atoms with Crippen LogP contribution in [0.4, 0.5) is 5.69 Å². The second-order valence-corrected chi connectivity index (χ2v) is 7.06. The number of hydrogen-bond donors (Lipinski definition) is 1. The van der Waals surface area contributed by atoms with Crippen LogP contribution in [0.3, 0.4) is 0 Å². The molecule has 1 amide bonds. The van der Waals surface area contributed by atoms with E-state index in [4.69, 9.17) is 9.47 Å². The Hall–Kier alpha value is -3.28. The molecule has 1 aromatic heterocycles. The zero-order chi connectivity index (χ0) is 19.7. The van der Waals surface area contributed by atoms with Crippen LogP contribution in [0.5, 0.6) is 11.5 Å². The zero-order valence-corrected chi connectivity index (χ0v) is 16.2. The van der Waals surface area contributed by atoms with Crippen LogP contribution in [0.15, 0.2) is 48.5 Å². The van der Waals surface area contributed by atoms with Crippen LogP contribution in [0.2, 0.25) is 0 Å². The number of carbonyl (C=O) groups excluding carboxylic acids is 1. The fraction of sp³-hybridized carbons (Fsp3) is 0.273. The standard InChI is InChI=1S/C22H23N3O3/c1-14-9-15(2)25(24-14)19-6-4-5-18(11-19)23-22(26)17-10-16-7-8-20(27-3)12-21(16)28-13-17/h4-9,11-12,17H,10,13H2,1-3H3,(H,23,26). The summed E-state index contributed by atoms with van der Waals surface area (Å²) in [4.78, 5) is 12.8. The average molecular weight is 377 g/mol. The Morgan fingerprint density at radius 3 is 2.82 bits per heavy atom. The van der Waals surface area contributed by atoms with Crippen molar-refractivity contribution in [1.82, 2.24) is 9.78 Å². The van der Waals surface area contributed by atoms with E-state index in [1.807, 2.05) is 67.1 Å². The molecule has 4 rings (SSSR count). The summed E-state index contributed by atoms with van der Waals surface area (Å²) < 4.78 is 12.9. The van der Waals surface area contributed by atoms with Crippen LogP contribution in [-0.2, 0) is 11.2 Å². The Kier molecular flexibility index (Phi) is 4.77. The van der Waals surface area contributed by atoms with Crippen molar-refractivity contribution >= 4 is 11.6 Å². The van der Waals surface area contributed by atoms with Gasteiger partial charge in [0.15, 0.2) is 0 Å². The van der Waals surface area contributed by atoms with E-state index in [0.29, 0.717) is 13.0 Å². The lowest BCUT2D eigenvalue weighted by Gasteiger charge is -2.25. The maximum absolute atomic E-state index is 12.8. The van der Waals surface area contributed by atoms with Gasteiger partial charge in [0.2, 0.25) is 5.91 Å². The predicted octanol–water partition coefficient (Wildman–Crippen LogP) is 3.69. The molecule has 1 atom stereocenters. The van der Waals surface area contributed by atoms with E-state index >= 15 is 0 Å². The largest absolute Gasteiger partial charge is 0.497 e. The van der Waals surface area contributed by atoms with Crippen LogP contribution < -0.4 is 14.8 Å². The number of benzene rings is 2. The van der Waals surface area contributed by atoms with Crippen molar-refractivity contribution in [3.8, 4) is 17.2 Å². The normalized spacial score (nSPS) is 15.5. The van der Waals surface area contributed by atoms with Crippen molar-refractivity contribution in [3.05, 3.63) is 65.5 Å². The van der Waals surface area contributed by atoms with Gasteiger partial charge in [0.1, 0.15) is 18.1 Å². The van der Waals surface area contributed by atoms with Crippen LogP contribution in [-0.4, -0.2) is 29.4 Å². The minimum atomic E-state index is -0.238. The molecule has 28 heavy (non-hydrogen) atoms. The summed E-state index contributed by atoms with van der Waals surface area (Å²) in [5.41, 5.74) is 4.69. The Balaban J connectivity index is 1.48. The molecule has 2 aromatic carbocycles. The second kappa shape index (κ2) is 7.38. The van der Waals surface area contributed by atoms with Gasteiger partial charge in [-0.2, -0.15) is 5.10 Å². The monoisotopic (exact) mass is 377 g/mol. The van der Waals surface area contributed by atoms with Gasteiger partial charge in [0, 0.05) is 17.4 Å². The molecular weight excluding hydrogens is 354 g/mol. The molecule has 0 saturated heterocycles. The summed E-state index contributed by atoms with van der Waals surface area (Å²) in [6.07, 6.45) is 0.641. The molecule has 0 aliphatic carbocycles. The highest BCUT2D eigenvalue weighted by Gasteiger charge is 2.26. The fourth-order valence-corrected chi connectivity index (χ4v) is 3.50. The van der Waals surface area contributed by atoms with Gasteiger partial charge < -0.3 is 14.8 Å². The minimum absolute atomic E-state index is 0.0491. The first kappa shape index (κ1) is 18.1. The molecule has 1 aliphatic rings. The molecule has 3 aromatic rings. The van der Waals surface area contributed by atoms with E-state index < -0.39 is 0 Å². The topological polar surface area (TPSA) is 65.4 Å². The Labute approximate surface area is 164 Å². The van der Waals surface area contributed by atoms with Gasteiger partial charge in [-0.25, -0.2) is 4.68 Å². The molecule has 6 nitrogen and oxygen atoms in total. The zero-order valence-electron chi connectivity index (χ0n) is 16.2. The number of anilines is 1. The quantitative estimate of drug-likeness (QED) is 0.753. The smallest absolute Gasteiger partial charge is 0.231 e. The third-order valence-electron chi connectivity index (χ3n) is 4.92. The predicted molar refractivity (Wildman–Crippen MR) is 107 cm³/mol. The number of aryl methyl sites for hydroxylation is 2. The minimum Gasteiger partial charge on any atom is -0.497 e. The Morgan fingerprint density at radius 1 is 1.21 bits per heavy atom. The molecule has 2 heterocycles. The molecule has 1 N–H and O–H groups in total. The summed E-state index contributed by atoms with van der Waals surface area (Å²) >= 11 is 0. The lowest BCUT2D eigenvalue weighted by molar-refractivity contribution is -0.121. The van der Waals surface area contributed by atoms with Crippen molar-refractivity contribution in [3.63, 3.8) is 0 Å². The van der Waals surface area contributed by atoms with Gasteiger partial charge in [-0.3, -0.25) is 4.79 Å². The maximum atomic E-state index is 12.8. The van der Waals surface area contributed by atoms with Gasteiger partial charge in [-0.05, 0) is 56.2 Å². The van der Waals surface area contributed by atoms with Crippen molar-refractivity contribution in [2.45, 2.75) is 20.3 Å². The number of rotatable bonds is 4. The number of hydrogen-bond acceptors (Lipinski definition) is 4. The van der Waals surface area contributed by atoms with Gasteiger partial charge >= 0.3 is 0 Å². The first-order chi connectivity index (χ1) is 13.5. The van der Waals surface area contributed by atoms with E-state index in [1.54, 1.807) is 7.11 Å². The maximum Gasteiger partial charge on any atom is 0.231 e. The number of methoxy groups -OCH3 is 1. The van der Waals surface area contributed by atoms with Gasteiger partial charge in [0.05, 0.1) is 24.4 Å². The van der Waals surface area contributed by atoms with E-state index in [0.717, 1.165) is 39.8 Å². The molecular formula is C22H23N3O3. The molecule has 0 bridgehead atoms. The molecule has 144 valence electrons. The third-order valence-corrected chi connectivity index (χ3v) is 4.92. The summed E-state index contributed by atoms with van der Waals surface area (Å²) in [6, 6.07) is 15.4. The highest BCUT2D eigenvalue weighted by molar-refractivity contribution is 5.93. The Bertz CT molecular complexity index is 1030. The molecule has 1 aliphatic heterocycles. The van der Waals surface area contributed by atoms with Crippen LogP contribution in [0.25, 0.3) is 5.69 Å². The fourth-order valence-electron chi connectivity index (χ4n) is 3.50. The van der Waals surface area contributed by atoms with E-state index in [9.17, 15) is 4.79 Å². The van der Waals surface area contributed by atoms with Crippen molar-refractivity contribution < 1.29 is 14.3 Å². The number of fused-ring (bicyclic) bond motifs is 1. The van der Waals surface area contributed by atoms with Crippen molar-refractivity contribution in [2.75, 3.05) is 19.0 Å². The number of nitrogens with zero attached hydrogens (tertiary/aromatic N) is 2. The van der Waals surface area contributed by atoms with E-state index in [1.165, 1.54) is 0 Å². The van der Waals surface area contributed by atoms with Gasteiger partial charge in [0.25, 0.3) is 0 Å². The third kappa shape index (κ3) is 3.58. The Morgan fingerprint density at radius 2 is 2.07 bits per heavy atom. The highest BCUT2D eigenvalue weighted by Crippen LogP contribution is 2.31. The number of aromatic nitrogens is 2. The second-order valence-electron chi connectivity index (χ2n) is 7.06. The van der Waals surface area contributed by atoms with Crippen LogP contribution in [0.1, 0.15) is 17.0 Å². The van der Waals surface area contributed by atoms with Crippen LogP contribution in [0, 0.1) is 19.8 Å². The summed E-state index contributed by atoms with van der Waals surface area (Å²) in [5.74, 6) is 1.25. The number of ether oxygens (including phenoxy) is 2. The SMILES string of the molecule is COc1ccc2c(c1)OCC(C(=O)Nc1cccc(-n3nc(C)cc3C)c1)C2.